The molecule has 0 radical (unpaired) electrons. The Labute approximate surface area is 106 Å². The number of anilines is 1. The Kier molecular flexibility index (Phi) is 5.61. The summed E-state index contributed by atoms with van der Waals surface area (Å²) in [7, 11) is 3.29. The van der Waals surface area contributed by atoms with E-state index in [0.29, 0.717) is 18.3 Å². The molecule has 0 spiro atoms. The summed E-state index contributed by atoms with van der Waals surface area (Å²) in [6.07, 6.45) is -0.0165. The van der Waals surface area contributed by atoms with Crippen molar-refractivity contribution >= 4 is 17.4 Å². The monoisotopic (exact) mass is 259 g/mol. The highest BCUT2D eigenvalue weighted by molar-refractivity contribution is 6.30. The molecule has 1 atom stereocenters. The fourth-order valence-electron chi connectivity index (χ4n) is 1.35. The number of hydrogen-bond donors (Lipinski definition) is 1. The number of aromatic nitrogens is 2. The zero-order valence-corrected chi connectivity index (χ0v) is 11.3. The van der Waals surface area contributed by atoms with Gasteiger partial charge in [-0.15, -0.1) is 10.2 Å². The van der Waals surface area contributed by atoms with E-state index in [2.05, 4.69) is 15.5 Å². The van der Waals surface area contributed by atoms with Crippen molar-refractivity contribution in [1.29, 1.82) is 0 Å². The van der Waals surface area contributed by atoms with Crippen LogP contribution in [0.3, 0.4) is 0 Å². The van der Waals surface area contributed by atoms with E-state index >= 15 is 0 Å². The smallest absolute Gasteiger partial charge is 0.155 e. The zero-order valence-electron chi connectivity index (χ0n) is 10.6. The van der Waals surface area contributed by atoms with Gasteiger partial charge in [0.05, 0.1) is 12.7 Å². The van der Waals surface area contributed by atoms with Crippen molar-refractivity contribution in [2.24, 2.45) is 0 Å². The lowest BCUT2D eigenvalue weighted by Crippen LogP contribution is -2.27. The maximum Gasteiger partial charge on any atom is 0.155 e. The number of hydrogen-bond acceptors (Lipinski definition) is 5. The highest BCUT2D eigenvalue weighted by atomic mass is 35.5. The van der Waals surface area contributed by atoms with Gasteiger partial charge in [-0.2, -0.15) is 0 Å². The first-order chi connectivity index (χ1) is 8.10. The Morgan fingerprint density at radius 2 is 1.94 bits per heavy atom. The Morgan fingerprint density at radius 1 is 1.24 bits per heavy atom. The summed E-state index contributed by atoms with van der Waals surface area (Å²) >= 11 is 5.88. The van der Waals surface area contributed by atoms with E-state index in [1.54, 1.807) is 14.2 Å². The minimum Gasteiger partial charge on any atom is -0.382 e. The van der Waals surface area contributed by atoms with Crippen LogP contribution < -0.4 is 5.32 Å². The number of ether oxygens (including phenoxy) is 2. The Hall–Kier alpha value is -0.910. The van der Waals surface area contributed by atoms with Crippen molar-refractivity contribution < 1.29 is 9.47 Å². The molecule has 0 fully saturated rings. The van der Waals surface area contributed by atoms with Crippen molar-refractivity contribution in [2.75, 3.05) is 32.7 Å². The van der Waals surface area contributed by atoms with E-state index in [9.17, 15) is 0 Å². The molecule has 1 aromatic rings. The molecule has 1 N–H and O–H groups in total. The summed E-state index contributed by atoms with van der Waals surface area (Å²) in [5.41, 5.74) is 1.93. The molecule has 1 aromatic heterocycles. The number of nitrogens with one attached hydrogen (secondary N) is 1. The molecular formula is C11H18ClN3O2. The number of nitrogens with zero attached hydrogens (tertiary/aromatic N) is 2. The quantitative estimate of drug-likeness (QED) is 0.845. The maximum absolute atomic E-state index is 5.88. The molecule has 0 amide bonds. The number of halogens is 1. The van der Waals surface area contributed by atoms with Gasteiger partial charge in [-0.3, -0.25) is 0 Å². The van der Waals surface area contributed by atoms with Crippen molar-refractivity contribution in [3.63, 3.8) is 0 Å². The van der Waals surface area contributed by atoms with Gasteiger partial charge in [0.25, 0.3) is 0 Å². The minimum atomic E-state index is -0.0165. The molecule has 0 saturated heterocycles. The van der Waals surface area contributed by atoms with Gasteiger partial charge in [0.2, 0.25) is 0 Å². The third kappa shape index (κ3) is 3.80. The summed E-state index contributed by atoms with van der Waals surface area (Å²) in [5, 5.41) is 11.5. The molecule has 0 aliphatic carbocycles. The van der Waals surface area contributed by atoms with E-state index in [1.165, 1.54) is 0 Å². The van der Waals surface area contributed by atoms with E-state index in [0.717, 1.165) is 16.9 Å². The van der Waals surface area contributed by atoms with Crippen molar-refractivity contribution in [2.45, 2.75) is 20.0 Å². The van der Waals surface area contributed by atoms with Crippen LogP contribution in [0.5, 0.6) is 0 Å². The van der Waals surface area contributed by atoms with Crippen LogP contribution in [0.25, 0.3) is 0 Å². The molecule has 0 saturated carbocycles. The van der Waals surface area contributed by atoms with Gasteiger partial charge in [0.15, 0.2) is 11.0 Å². The highest BCUT2D eigenvalue weighted by Gasteiger charge is 2.11. The fraction of sp³-hybridized carbons (Fsp3) is 0.636. The molecule has 96 valence electrons. The first-order valence-electron chi connectivity index (χ1n) is 5.35. The maximum atomic E-state index is 5.88. The topological polar surface area (TPSA) is 56.3 Å². The summed E-state index contributed by atoms with van der Waals surface area (Å²) in [4.78, 5) is 0. The molecule has 1 heterocycles. The Morgan fingerprint density at radius 3 is 2.53 bits per heavy atom. The minimum absolute atomic E-state index is 0.0165. The van der Waals surface area contributed by atoms with Crippen LogP contribution in [0.2, 0.25) is 5.15 Å². The SMILES string of the molecule is COCC(CNc1nnc(Cl)c(C)c1C)OC. The first kappa shape index (κ1) is 14.2. The zero-order chi connectivity index (χ0) is 12.8. The van der Waals surface area contributed by atoms with Crippen molar-refractivity contribution in [1.82, 2.24) is 10.2 Å². The third-order valence-electron chi connectivity index (χ3n) is 2.65. The lowest BCUT2D eigenvalue weighted by molar-refractivity contribution is 0.0365. The average molecular weight is 260 g/mol. The lowest BCUT2D eigenvalue weighted by Gasteiger charge is -2.16. The number of rotatable bonds is 6. The Balaban J connectivity index is 2.66. The van der Waals surface area contributed by atoms with E-state index < -0.39 is 0 Å². The summed E-state index contributed by atoms with van der Waals surface area (Å²) in [5.74, 6) is 0.727. The van der Waals surface area contributed by atoms with Crippen molar-refractivity contribution in [3.05, 3.63) is 16.3 Å². The predicted molar refractivity (Wildman–Crippen MR) is 67.7 cm³/mol. The third-order valence-corrected chi connectivity index (χ3v) is 3.01. The second-order valence-corrected chi connectivity index (χ2v) is 4.14. The Bertz CT molecular complexity index is 374. The highest BCUT2D eigenvalue weighted by Crippen LogP contribution is 2.20. The molecule has 1 unspecified atom stereocenters. The first-order valence-corrected chi connectivity index (χ1v) is 5.73. The molecule has 1 rings (SSSR count). The van der Waals surface area contributed by atoms with Crippen LogP contribution >= 0.6 is 11.6 Å². The molecule has 0 bridgehead atoms. The molecular weight excluding hydrogens is 242 g/mol. The summed E-state index contributed by atoms with van der Waals surface area (Å²) in [6, 6.07) is 0. The van der Waals surface area contributed by atoms with Crippen LogP contribution in [0.15, 0.2) is 0 Å². The van der Waals surface area contributed by atoms with E-state index in [4.69, 9.17) is 21.1 Å². The van der Waals surface area contributed by atoms with E-state index in [1.807, 2.05) is 13.8 Å². The standard InChI is InChI=1S/C11H18ClN3O2/c1-7-8(2)11(15-14-10(7)12)13-5-9(17-4)6-16-3/h9H,5-6H2,1-4H3,(H,13,15). The second kappa shape index (κ2) is 6.74. The van der Waals surface area contributed by atoms with Crippen LogP contribution in [-0.2, 0) is 9.47 Å². The molecule has 0 aliphatic heterocycles. The molecule has 0 aromatic carbocycles. The van der Waals surface area contributed by atoms with Crippen LogP contribution in [-0.4, -0.2) is 43.7 Å². The fourth-order valence-corrected chi connectivity index (χ4v) is 1.53. The van der Waals surface area contributed by atoms with Gasteiger partial charge in [-0.1, -0.05) is 11.6 Å². The lowest BCUT2D eigenvalue weighted by atomic mass is 10.2. The summed E-state index contributed by atoms with van der Waals surface area (Å²) in [6.45, 7) is 5.01. The molecule has 6 heteroatoms. The summed E-state index contributed by atoms with van der Waals surface area (Å²) < 4.78 is 10.3. The molecule has 17 heavy (non-hydrogen) atoms. The van der Waals surface area contributed by atoms with Gasteiger partial charge in [0.1, 0.15) is 0 Å². The van der Waals surface area contributed by atoms with Crippen LogP contribution in [0, 0.1) is 13.8 Å². The van der Waals surface area contributed by atoms with Gasteiger partial charge < -0.3 is 14.8 Å². The molecule has 5 nitrogen and oxygen atoms in total. The van der Waals surface area contributed by atoms with Crippen molar-refractivity contribution in [3.8, 4) is 0 Å². The second-order valence-electron chi connectivity index (χ2n) is 3.78. The average Bonchev–Trinajstić information content (AvgIpc) is 2.33. The normalized spacial score (nSPS) is 12.5. The largest absolute Gasteiger partial charge is 0.382 e. The van der Waals surface area contributed by atoms with Crippen LogP contribution in [0.4, 0.5) is 5.82 Å². The van der Waals surface area contributed by atoms with Gasteiger partial charge in [0, 0.05) is 20.8 Å². The van der Waals surface area contributed by atoms with E-state index in [-0.39, 0.29) is 6.10 Å². The van der Waals surface area contributed by atoms with Crippen LogP contribution in [0.1, 0.15) is 11.1 Å². The van der Waals surface area contributed by atoms with Gasteiger partial charge in [-0.25, -0.2) is 0 Å². The predicted octanol–water partition coefficient (Wildman–Crippen LogP) is 1.82. The number of methoxy groups -OCH3 is 2. The van der Waals surface area contributed by atoms with Gasteiger partial charge >= 0.3 is 0 Å². The molecule has 0 aliphatic rings. The van der Waals surface area contributed by atoms with Gasteiger partial charge in [-0.05, 0) is 25.0 Å².